The minimum atomic E-state index is -0.792. The summed E-state index contributed by atoms with van der Waals surface area (Å²) in [5, 5.41) is 16.8. The number of esters is 1. The van der Waals surface area contributed by atoms with Crippen LogP contribution in [0.1, 0.15) is 17.3 Å². The standard InChI is InChI=1S/C21H18N2O5/c1-13(24)22-15-7-9-16(10-8-15)23-19(25)12-28-21(27)18-11-6-14-4-2-3-5-17(14)20(18)26/h2-11,26H,12H2,1H3,(H,22,24)(H,23,25). The summed E-state index contributed by atoms with van der Waals surface area (Å²) in [7, 11) is 0. The average Bonchev–Trinajstić information content (AvgIpc) is 2.68. The molecular weight excluding hydrogens is 360 g/mol. The Morgan fingerprint density at radius 1 is 0.893 bits per heavy atom. The Labute approximate surface area is 160 Å². The second-order valence-corrected chi connectivity index (χ2v) is 6.07. The molecule has 0 aliphatic heterocycles. The maximum atomic E-state index is 12.2. The molecule has 0 aromatic heterocycles. The highest BCUT2D eigenvalue weighted by Gasteiger charge is 2.16. The summed E-state index contributed by atoms with van der Waals surface area (Å²) in [5.41, 5.74) is 1.08. The highest BCUT2D eigenvalue weighted by molar-refractivity contribution is 6.02. The van der Waals surface area contributed by atoms with Gasteiger partial charge in [-0.25, -0.2) is 4.79 Å². The minimum absolute atomic E-state index is 0.00819. The van der Waals surface area contributed by atoms with Crippen molar-refractivity contribution in [1.29, 1.82) is 0 Å². The van der Waals surface area contributed by atoms with Crippen molar-refractivity contribution in [2.45, 2.75) is 6.92 Å². The van der Waals surface area contributed by atoms with E-state index < -0.39 is 18.5 Å². The predicted octanol–water partition coefficient (Wildman–Crippen LogP) is 3.30. The fourth-order valence-corrected chi connectivity index (χ4v) is 2.67. The fraction of sp³-hybridized carbons (Fsp3) is 0.0952. The van der Waals surface area contributed by atoms with E-state index in [2.05, 4.69) is 10.6 Å². The molecule has 0 radical (unpaired) electrons. The Kier molecular flexibility index (Phi) is 5.55. The Balaban J connectivity index is 1.59. The molecule has 3 aromatic carbocycles. The lowest BCUT2D eigenvalue weighted by molar-refractivity contribution is -0.119. The van der Waals surface area contributed by atoms with Crippen LogP contribution in [0.3, 0.4) is 0 Å². The number of carbonyl (C=O) groups excluding carboxylic acids is 3. The number of carbonyl (C=O) groups is 3. The number of ether oxygens (including phenoxy) is 1. The molecule has 3 rings (SSSR count). The summed E-state index contributed by atoms with van der Waals surface area (Å²) in [6, 6.07) is 16.7. The van der Waals surface area contributed by atoms with Crippen molar-refractivity contribution < 1.29 is 24.2 Å². The zero-order chi connectivity index (χ0) is 20.1. The summed E-state index contributed by atoms with van der Waals surface area (Å²) in [6.07, 6.45) is 0. The van der Waals surface area contributed by atoms with Crippen molar-refractivity contribution in [3.8, 4) is 5.75 Å². The van der Waals surface area contributed by atoms with Crippen LogP contribution in [0, 0.1) is 0 Å². The lowest BCUT2D eigenvalue weighted by Gasteiger charge is -2.09. The zero-order valence-electron chi connectivity index (χ0n) is 15.1. The molecule has 3 aromatic rings. The largest absolute Gasteiger partial charge is 0.506 e. The van der Waals surface area contributed by atoms with Crippen molar-refractivity contribution in [1.82, 2.24) is 0 Å². The number of amides is 2. The average molecular weight is 378 g/mol. The van der Waals surface area contributed by atoms with E-state index in [0.717, 1.165) is 5.39 Å². The number of anilines is 2. The molecular formula is C21H18N2O5. The Morgan fingerprint density at radius 3 is 2.21 bits per heavy atom. The maximum Gasteiger partial charge on any atom is 0.342 e. The first-order valence-corrected chi connectivity index (χ1v) is 8.49. The zero-order valence-corrected chi connectivity index (χ0v) is 15.1. The van der Waals surface area contributed by atoms with Crippen molar-refractivity contribution >= 4 is 39.9 Å². The van der Waals surface area contributed by atoms with Gasteiger partial charge in [0.15, 0.2) is 6.61 Å². The van der Waals surface area contributed by atoms with Gasteiger partial charge in [0.2, 0.25) is 5.91 Å². The van der Waals surface area contributed by atoms with Gasteiger partial charge < -0.3 is 20.5 Å². The van der Waals surface area contributed by atoms with Gasteiger partial charge in [-0.2, -0.15) is 0 Å². The number of hydrogen-bond donors (Lipinski definition) is 3. The number of aromatic hydroxyl groups is 1. The number of rotatable bonds is 5. The van der Waals surface area contributed by atoms with E-state index in [9.17, 15) is 19.5 Å². The van der Waals surface area contributed by atoms with Crippen molar-refractivity contribution in [3.63, 3.8) is 0 Å². The number of fused-ring (bicyclic) bond motifs is 1. The van der Waals surface area contributed by atoms with Gasteiger partial charge in [0.25, 0.3) is 5.91 Å². The fourth-order valence-electron chi connectivity index (χ4n) is 2.67. The van der Waals surface area contributed by atoms with Crippen LogP contribution < -0.4 is 10.6 Å². The lowest BCUT2D eigenvalue weighted by atomic mass is 10.1. The van der Waals surface area contributed by atoms with E-state index in [1.807, 2.05) is 12.1 Å². The highest BCUT2D eigenvalue weighted by Crippen LogP contribution is 2.29. The quantitative estimate of drug-likeness (QED) is 0.591. The number of phenols is 1. The molecule has 0 bridgehead atoms. The van der Waals surface area contributed by atoms with E-state index in [1.54, 1.807) is 42.5 Å². The second-order valence-electron chi connectivity index (χ2n) is 6.07. The first-order chi connectivity index (χ1) is 13.4. The lowest BCUT2D eigenvalue weighted by Crippen LogP contribution is -2.21. The van der Waals surface area contributed by atoms with Gasteiger partial charge in [-0.1, -0.05) is 30.3 Å². The van der Waals surface area contributed by atoms with Crippen LogP contribution in [-0.2, 0) is 14.3 Å². The third-order valence-corrected chi connectivity index (χ3v) is 3.94. The Hall–Kier alpha value is -3.87. The molecule has 2 amide bonds. The van der Waals surface area contributed by atoms with Gasteiger partial charge in [0.05, 0.1) is 0 Å². The first kappa shape index (κ1) is 18.9. The Bertz CT molecular complexity index is 1040. The summed E-state index contributed by atoms with van der Waals surface area (Å²) in [5.74, 6) is -1.70. The molecule has 28 heavy (non-hydrogen) atoms. The van der Waals surface area contributed by atoms with Crippen LogP contribution in [0.15, 0.2) is 60.7 Å². The summed E-state index contributed by atoms with van der Waals surface area (Å²) >= 11 is 0. The van der Waals surface area contributed by atoms with E-state index in [4.69, 9.17) is 4.74 Å². The predicted molar refractivity (Wildman–Crippen MR) is 105 cm³/mol. The van der Waals surface area contributed by atoms with Gasteiger partial charge in [-0.05, 0) is 35.7 Å². The molecule has 7 heteroatoms. The smallest absolute Gasteiger partial charge is 0.342 e. The topological polar surface area (TPSA) is 105 Å². The molecule has 0 fully saturated rings. The van der Waals surface area contributed by atoms with E-state index >= 15 is 0 Å². The van der Waals surface area contributed by atoms with Crippen LogP contribution in [0.4, 0.5) is 11.4 Å². The highest BCUT2D eigenvalue weighted by atomic mass is 16.5. The number of hydrogen-bond acceptors (Lipinski definition) is 5. The summed E-state index contributed by atoms with van der Waals surface area (Å²) in [4.78, 5) is 35.2. The van der Waals surface area contributed by atoms with Crippen LogP contribution in [0.5, 0.6) is 5.75 Å². The van der Waals surface area contributed by atoms with Crippen LogP contribution in [0.25, 0.3) is 10.8 Å². The number of benzene rings is 3. The van der Waals surface area contributed by atoms with E-state index in [0.29, 0.717) is 16.8 Å². The molecule has 0 saturated heterocycles. The van der Waals surface area contributed by atoms with Gasteiger partial charge in [-0.3, -0.25) is 9.59 Å². The SMILES string of the molecule is CC(=O)Nc1ccc(NC(=O)COC(=O)c2ccc3ccccc3c2O)cc1. The molecule has 0 aliphatic rings. The third kappa shape index (κ3) is 4.45. The minimum Gasteiger partial charge on any atom is -0.506 e. The number of nitrogens with one attached hydrogen (secondary N) is 2. The monoisotopic (exact) mass is 378 g/mol. The molecule has 3 N–H and O–H groups in total. The van der Waals surface area contributed by atoms with Crippen molar-refractivity contribution in [2.24, 2.45) is 0 Å². The maximum absolute atomic E-state index is 12.2. The molecule has 0 heterocycles. The molecule has 0 saturated carbocycles. The van der Waals surface area contributed by atoms with Crippen LogP contribution >= 0.6 is 0 Å². The molecule has 0 atom stereocenters. The molecule has 0 aliphatic carbocycles. The molecule has 0 unspecified atom stereocenters. The van der Waals surface area contributed by atoms with Gasteiger partial charge in [0.1, 0.15) is 11.3 Å². The van der Waals surface area contributed by atoms with Crippen molar-refractivity contribution in [2.75, 3.05) is 17.2 Å². The summed E-state index contributed by atoms with van der Waals surface area (Å²) < 4.78 is 5.00. The first-order valence-electron chi connectivity index (χ1n) is 8.49. The molecule has 7 nitrogen and oxygen atoms in total. The molecule has 142 valence electrons. The van der Waals surface area contributed by atoms with E-state index in [1.165, 1.54) is 13.0 Å². The van der Waals surface area contributed by atoms with Crippen molar-refractivity contribution in [3.05, 3.63) is 66.2 Å². The Morgan fingerprint density at radius 2 is 1.54 bits per heavy atom. The van der Waals surface area contributed by atoms with Gasteiger partial charge >= 0.3 is 5.97 Å². The summed E-state index contributed by atoms with van der Waals surface area (Å²) in [6.45, 7) is 0.899. The number of phenolic OH excluding ortho intramolecular Hbond substituents is 1. The van der Waals surface area contributed by atoms with Crippen LogP contribution in [-0.4, -0.2) is 29.5 Å². The van der Waals surface area contributed by atoms with Gasteiger partial charge in [-0.15, -0.1) is 0 Å². The molecule has 0 spiro atoms. The third-order valence-electron chi connectivity index (χ3n) is 3.94. The van der Waals surface area contributed by atoms with Crippen LogP contribution in [0.2, 0.25) is 0 Å². The van der Waals surface area contributed by atoms with E-state index in [-0.39, 0.29) is 17.2 Å². The normalized spacial score (nSPS) is 10.3. The second kappa shape index (κ2) is 8.22. The van der Waals surface area contributed by atoms with Gasteiger partial charge in [0, 0.05) is 23.7 Å².